The highest BCUT2D eigenvalue weighted by Gasteiger charge is 2.46. The van der Waals surface area contributed by atoms with Crippen molar-refractivity contribution in [2.24, 2.45) is 5.73 Å². The van der Waals surface area contributed by atoms with Gasteiger partial charge in [-0.1, -0.05) is 0 Å². The molecule has 1 unspecified atom stereocenters. The number of carbonyl (C=O) groups is 8. The van der Waals surface area contributed by atoms with Crippen molar-refractivity contribution in [2.75, 3.05) is 25.4 Å². The van der Waals surface area contributed by atoms with Crippen LogP contribution >= 0.6 is 11.8 Å². The number of rotatable bonds is 16. The molecule has 2 aliphatic heterocycles. The second-order valence-electron chi connectivity index (χ2n) is 10.1. The Morgan fingerprint density at radius 1 is 1.07 bits per heavy atom. The van der Waals surface area contributed by atoms with E-state index in [0.717, 1.165) is 18.7 Å². The predicted molar refractivity (Wildman–Crippen MR) is 149 cm³/mol. The first-order valence-corrected chi connectivity index (χ1v) is 14.5. The van der Waals surface area contributed by atoms with Gasteiger partial charge in [-0.05, 0) is 6.42 Å². The Bertz CT molecular complexity index is 1170. The first-order chi connectivity index (χ1) is 21.0. The number of carboxylic acid groups (broad SMARTS) is 2. The number of nitrogens with two attached hydrogens (primary N) is 1. The number of hydrogen-bond donors (Lipinski definition) is 10. The van der Waals surface area contributed by atoms with E-state index < -0.39 is 121 Å². The minimum atomic E-state index is -1.66. The molecule has 0 radical (unpaired) electrons. The topological polar surface area (TPSA) is 324 Å². The molecule has 21 heteroatoms. The molecule has 2 saturated heterocycles. The summed E-state index contributed by atoms with van der Waals surface area (Å²) >= 11 is 0.769. The van der Waals surface area contributed by atoms with Gasteiger partial charge in [0.05, 0.1) is 11.9 Å². The van der Waals surface area contributed by atoms with Gasteiger partial charge in [-0.15, -0.1) is 11.8 Å². The lowest BCUT2D eigenvalue weighted by atomic mass is 9.96. The zero-order valence-corrected chi connectivity index (χ0v) is 24.7. The molecule has 2 heterocycles. The molecule has 20 nitrogen and oxygen atoms in total. The van der Waals surface area contributed by atoms with E-state index in [2.05, 4.69) is 21.3 Å². The summed E-state index contributed by atoms with van der Waals surface area (Å²) in [5, 5.41) is 55.5. The number of imide groups is 1. The number of aliphatic hydroxyl groups excluding tert-OH is 3. The summed E-state index contributed by atoms with van der Waals surface area (Å²) in [5.41, 5.74) is 5.37. The average molecular weight is 665 g/mol. The lowest BCUT2D eigenvalue weighted by molar-refractivity contribution is -0.203. The molecule has 6 amide bonds. The van der Waals surface area contributed by atoms with Crippen LogP contribution in [0, 0.1) is 0 Å². The third-order valence-corrected chi connectivity index (χ3v) is 7.93. The Morgan fingerprint density at radius 2 is 1.73 bits per heavy atom. The maximum absolute atomic E-state index is 13.0. The predicted octanol–water partition coefficient (Wildman–Crippen LogP) is -6.22. The number of likely N-dealkylation sites (tertiary alicyclic amines) is 1. The molecule has 2 fully saturated rings. The number of nitrogens with zero attached hydrogens (tertiary/aromatic N) is 1. The number of hydrogen-bond acceptors (Lipinski definition) is 14. The second kappa shape index (κ2) is 17.0. The molecule has 252 valence electrons. The summed E-state index contributed by atoms with van der Waals surface area (Å²) in [6.45, 7) is -1.24. The maximum atomic E-state index is 13.0. The zero-order chi connectivity index (χ0) is 34.0. The number of amides is 6. The standard InChI is InChI=1S/C24H36N6O14S/c1-9(32)27-18-20(39)19(38)12(7-31)44-22(18)29-15(34)6-30-16(35)4-13(23(30)41)45-8-11(21(40)26-5-17(36)37)28-14(33)3-2-10(25)24(42)43/h10-13,18-20,22,31,38-39H,2-8,25H2,1H3,(H,26,40)(H,27,32)(H,28,33)(H,29,34)(H,36,37)(H,42,43)/t10-,11-,12+,13?,18+,19+,20+,22+/m0/s1. The smallest absolute Gasteiger partial charge is 0.322 e. The lowest BCUT2D eigenvalue weighted by Crippen LogP contribution is -2.68. The van der Waals surface area contributed by atoms with Crippen LogP contribution in [0.25, 0.3) is 0 Å². The van der Waals surface area contributed by atoms with Crippen LogP contribution in [0.1, 0.15) is 26.2 Å². The van der Waals surface area contributed by atoms with Gasteiger partial charge in [0.15, 0.2) is 6.23 Å². The van der Waals surface area contributed by atoms with Crippen LogP contribution in [0.15, 0.2) is 0 Å². The van der Waals surface area contributed by atoms with Crippen LogP contribution in [0.5, 0.6) is 0 Å². The van der Waals surface area contributed by atoms with E-state index in [1.807, 2.05) is 0 Å². The average Bonchev–Trinajstić information content (AvgIpc) is 3.23. The highest BCUT2D eigenvalue weighted by molar-refractivity contribution is 8.00. The van der Waals surface area contributed by atoms with E-state index in [-0.39, 0.29) is 18.6 Å². The molecule has 0 aromatic carbocycles. The van der Waals surface area contributed by atoms with Crippen LogP contribution in [-0.2, 0) is 43.1 Å². The van der Waals surface area contributed by atoms with E-state index >= 15 is 0 Å². The fraction of sp³-hybridized carbons (Fsp3) is 0.667. The molecule has 0 spiro atoms. The number of aliphatic hydroxyl groups is 3. The number of nitrogens with one attached hydrogen (secondary N) is 4. The van der Waals surface area contributed by atoms with Crippen molar-refractivity contribution in [3.05, 3.63) is 0 Å². The third kappa shape index (κ3) is 10.9. The third-order valence-electron chi connectivity index (χ3n) is 6.63. The molecule has 0 bridgehead atoms. The van der Waals surface area contributed by atoms with Gasteiger partial charge in [0.2, 0.25) is 35.4 Å². The molecule has 8 atom stereocenters. The molecular formula is C24H36N6O14S. The Hall–Kier alpha value is -3.89. The highest BCUT2D eigenvalue weighted by Crippen LogP contribution is 2.26. The molecule has 2 aliphatic rings. The Balaban J connectivity index is 2.04. The van der Waals surface area contributed by atoms with Crippen molar-refractivity contribution in [2.45, 2.75) is 74.1 Å². The normalized spacial score (nSPS) is 26.0. The van der Waals surface area contributed by atoms with Crippen LogP contribution in [0.3, 0.4) is 0 Å². The second-order valence-corrected chi connectivity index (χ2v) is 11.3. The van der Waals surface area contributed by atoms with Gasteiger partial charge < -0.3 is 57.3 Å². The van der Waals surface area contributed by atoms with Crippen molar-refractivity contribution in [1.29, 1.82) is 0 Å². The Morgan fingerprint density at radius 3 is 2.31 bits per heavy atom. The molecule has 11 N–H and O–H groups in total. The minimum Gasteiger partial charge on any atom is -0.480 e. The van der Waals surface area contributed by atoms with Gasteiger partial charge >= 0.3 is 11.9 Å². The van der Waals surface area contributed by atoms with Gasteiger partial charge in [-0.25, -0.2) is 0 Å². The zero-order valence-electron chi connectivity index (χ0n) is 23.9. The lowest BCUT2D eigenvalue weighted by Gasteiger charge is -2.42. The first-order valence-electron chi connectivity index (χ1n) is 13.5. The van der Waals surface area contributed by atoms with E-state index in [9.17, 15) is 53.7 Å². The van der Waals surface area contributed by atoms with Crippen LogP contribution < -0.4 is 27.0 Å². The molecule has 0 aromatic heterocycles. The molecule has 45 heavy (non-hydrogen) atoms. The summed E-state index contributed by atoms with van der Waals surface area (Å²) < 4.78 is 5.39. The van der Waals surface area contributed by atoms with E-state index in [4.69, 9.17) is 20.7 Å². The molecule has 2 rings (SSSR count). The van der Waals surface area contributed by atoms with Crippen LogP contribution in [-0.4, -0.2) is 151 Å². The number of carbonyl (C=O) groups excluding carboxylic acids is 6. The van der Waals surface area contributed by atoms with Gasteiger partial charge in [-0.2, -0.15) is 0 Å². The first kappa shape index (κ1) is 37.3. The highest BCUT2D eigenvalue weighted by atomic mass is 32.2. The van der Waals surface area contributed by atoms with Crippen molar-refractivity contribution >= 4 is 59.1 Å². The van der Waals surface area contributed by atoms with Crippen molar-refractivity contribution in [3.63, 3.8) is 0 Å². The number of thioether (sulfide) groups is 1. The number of ether oxygens (including phenoxy) is 1. The Labute approximate surface area is 259 Å². The number of carboxylic acids is 2. The molecule has 0 aromatic rings. The van der Waals surface area contributed by atoms with Crippen molar-refractivity contribution < 1.29 is 68.6 Å². The summed E-state index contributed by atoms with van der Waals surface area (Å²) in [5.74, 6) is -7.93. The molecule has 0 aliphatic carbocycles. The largest absolute Gasteiger partial charge is 0.480 e. The molecule has 0 saturated carbocycles. The van der Waals surface area contributed by atoms with E-state index in [1.165, 1.54) is 0 Å². The monoisotopic (exact) mass is 664 g/mol. The van der Waals surface area contributed by atoms with E-state index in [1.54, 1.807) is 0 Å². The molecular weight excluding hydrogens is 628 g/mol. The quantitative estimate of drug-likeness (QED) is 0.0686. The fourth-order valence-corrected chi connectivity index (χ4v) is 5.48. The Kier molecular flexibility index (Phi) is 14.1. The summed E-state index contributed by atoms with van der Waals surface area (Å²) in [4.78, 5) is 97.2. The van der Waals surface area contributed by atoms with Gasteiger partial charge in [0.1, 0.15) is 49.5 Å². The van der Waals surface area contributed by atoms with Gasteiger partial charge in [0, 0.05) is 25.5 Å². The summed E-state index contributed by atoms with van der Waals surface area (Å²) in [6.07, 6.45) is -7.10. The van der Waals surface area contributed by atoms with Crippen LogP contribution in [0.4, 0.5) is 0 Å². The van der Waals surface area contributed by atoms with E-state index in [0.29, 0.717) is 4.90 Å². The maximum Gasteiger partial charge on any atom is 0.322 e. The number of aliphatic carboxylic acids is 2. The van der Waals surface area contributed by atoms with Crippen LogP contribution in [0.2, 0.25) is 0 Å². The van der Waals surface area contributed by atoms with Crippen molar-refractivity contribution in [1.82, 2.24) is 26.2 Å². The SMILES string of the molecule is CC(=O)N[C@@H]1[C@@H](O)[C@H](O)[C@@H](CO)O[C@H]1NC(=O)CN1C(=O)CC(SC[C@H](NC(=O)CC[C@H](N)C(=O)O)C(=O)NCC(=O)O)C1=O. The summed E-state index contributed by atoms with van der Waals surface area (Å²) in [7, 11) is 0. The summed E-state index contributed by atoms with van der Waals surface area (Å²) in [6, 6.07) is -4.08. The fourth-order valence-electron chi connectivity index (χ4n) is 4.29. The van der Waals surface area contributed by atoms with Gasteiger partial charge in [0.25, 0.3) is 0 Å². The van der Waals surface area contributed by atoms with Gasteiger partial charge in [-0.3, -0.25) is 43.3 Å². The minimum absolute atomic E-state index is 0.262. The van der Waals surface area contributed by atoms with Crippen molar-refractivity contribution in [3.8, 4) is 0 Å².